The van der Waals surface area contributed by atoms with Crippen molar-refractivity contribution >= 4 is 11.6 Å². The van der Waals surface area contributed by atoms with Crippen molar-refractivity contribution < 1.29 is 4.79 Å². The molecule has 2 aromatic rings. The molecule has 1 unspecified atom stereocenters. The molecule has 104 valence electrons. The maximum atomic E-state index is 12.2. The number of aromatic nitrogens is 1. The van der Waals surface area contributed by atoms with Crippen LogP contribution in [0.25, 0.3) is 0 Å². The van der Waals surface area contributed by atoms with Crippen LogP contribution in [0.4, 0.5) is 5.69 Å². The van der Waals surface area contributed by atoms with Gasteiger partial charge in [0, 0.05) is 6.20 Å². The number of pyridine rings is 1. The van der Waals surface area contributed by atoms with Crippen LogP contribution in [0, 0.1) is 6.92 Å². The Balaban J connectivity index is 2.13. The van der Waals surface area contributed by atoms with E-state index in [0.29, 0.717) is 11.3 Å². The summed E-state index contributed by atoms with van der Waals surface area (Å²) in [5.41, 5.74) is 5.69. The molecule has 5 heteroatoms. The molecule has 2 rings (SSSR count). The lowest BCUT2D eigenvalue weighted by molar-refractivity contribution is 0.0940. The zero-order chi connectivity index (χ0) is 14.5. The second-order valence-corrected chi connectivity index (χ2v) is 4.67. The third-order valence-electron chi connectivity index (χ3n) is 3.15. The summed E-state index contributed by atoms with van der Waals surface area (Å²) in [7, 11) is 0. The Labute approximate surface area is 118 Å². The quantitative estimate of drug-likeness (QED) is 0.587. The van der Waals surface area contributed by atoms with E-state index in [4.69, 9.17) is 5.84 Å². The molecule has 4 N–H and O–H groups in total. The van der Waals surface area contributed by atoms with E-state index in [1.54, 1.807) is 12.3 Å². The van der Waals surface area contributed by atoms with Gasteiger partial charge in [0.05, 0.1) is 23.5 Å². The molecule has 5 nitrogen and oxygen atoms in total. The van der Waals surface area contributed by atoms with Gasteiger partial charge < -0.3 is 10.7 Å². The van der Waals surface area contributed by atoms with Crippen molar-refractivity contribution in [3.63, 3.8) is 0 Å². The van der Waals surface area contributed by atoms with Crippen molar-refractivity contribution in [3.05, 3.63) is 59.4 Å². The highest BCUT2D eigenvalue weighted by molar-refractivity contribution is 5.99. The predicted molar refractivity (Wildman–Crippen MR) is 79.1 cm³/mol. The first-order valence-corrected chi connectivity index (χ1v) is 6.40. The molecule has 0 aliphatic rings. The maximum absolute atomic E-state index is 12.2. The van der Waals surface area contributed by atoms with Crippen molar-refractivity contribution in [3.8, 4) is 0 Å². The van der Waals surface area contributed by atoms with Gasteiger partial charge in [0.25, 0.3) is 5.91 Å². The normalized spacial score (nSPS) is 11.8. The molecule has 0 aliphatic heterocycles. The predicted octanol–water partition coefficient (Wildman–Crippen LogP) is 2.17. The molecule has 1 atom stereocenters. The Morgan fingerprint density at radius 2 is 1.95 bits per heavy atom. The summed E-state index contributed by atoms with van der Waals surface area (Å²) >= 11 is 0. The van der Waals surface area contributed by atoms with Gasteiger partial charge in [-0.1, -0.05) is 29.8 Å². The lowest BCUT2D eigenvalue weighted by Gasteiger charge is -2.16. The zero-order valence-electron chi connectivity index (χ0n) is 11.6. The Bertz CT molecular complexity index is 595. The fourth-order valence-electron chi connectivity index (χ4n) is 1.92. The highest BCUT2D eigenvalue weighted by Crippen LogP contribution is 2.16. The van der Waals surface area contributed by atoms with Crippen LogP contribution in [0.1, 0.15) is 34.5 Å². The number of carbonyl (C=O) groups is 1. The molecular formula is C15H18N4O. The highest BCUT2D eigenvalue weighted by atomic mass is 16.1. The average molecular weight is 270 g/mol. The summed E-state index contributed by atoms with van der Waals surface area (Å²) in [5, 5.41) is 2.94. The van der Waals surface area contributed by atoms with Crippen molar-refractivity contribution in [2.45, 2.75) is 19.9 Å². The summed E-state index contributed by atoms with van der Waals surface area (Å²) < 4.78 is 0. The van der Waals surface area contributed by atoms with Crippen LogP contribution in [-0.4, -0.2) is 10.9 Å². The van der Waals surface area contributed by atoms with Crippen molar-refractivity contribution in [2.75, 3.05) is 5.43 Å². The lowest BCUT2D eigenvalue weighted by atomic mass is 10.1. The van der Waals surface area contributed by atoms with Crippen LogP contribution in [0.5, 0.6) is 0 Å². The Morgan fingerprint density at radius 3 is 2.60 bits per heavy atom. The number of nitrogen functional groups attached to an aromatic ring is 1. The Kier molecular flexibility index (Phi) is 4.32. The van der Waals surface area contributed by atoms with Gasteiger partial charge in [-0.3, -0.25) is 15.6 Å². The number of aryl methyl sites for hydroxylation is 1. The Hall–Kier alpha value is -2.40. The number of hydrazine groups is 1. The average Bonchev–Trinajstić information content (AvgIpc) is 2.47. The number of nitrogens with two attached hydrogens (primary N) is 1. The molecule has 0 aliphatic carbocycles. The van der Waals surface area contributed by atoms with Crippen LogP contribution in [0.2, 0.25) is 0 Å². The fourth-order valence-corrected chi connectivity index (χ4v) is 1.92. The number of nitrogens with one attached hydrogen (secondary N) is 2. The number of rotatable bonds is 4. The summed E-state index contributed by atoms with van der Waals surface area (Å²) in [5.74, 6) is 5.19. The summed E-state index contributed by atoms with van der Waals surface area (Å²) in [6, 6.07) is 9.62. The molecule has 0 bridgehead atoms. The number of carbonyl (C=O) groups excluding carboxylic acids is 1. The van der Waals surface area contributed by atoms with E-state index in [1.807, 2.05) is 38.1 Å². The van der Waals surface area contributed by atoms with E-state index < -0.39 is 0 Å². The minimum absolute atomic E-state index is 0.0816. The number of amides is 1. The number of benzene rings is 1. The van der Waals surface area contributed by atoms with Crippen LogP contribution in [-0.2, 0) is 0 Å². The third-order valence-corrected chi connectivity index (χ3v) is 3.15. The Morgan fingerprint density at radius 1 is 1.25 bits per heavy atom. The van der Waals surface area contributed by atoms with Gasteiger partial charge >= 0.3 is 0 Å². The first-order chi connectivity index (χ1) is 9.61. The molecule has 1 aromatic heterocycles. The second-order valence-electron chi connectivity index (χ2n) is 4.67. The van der Waals surface area contributed by atoms with Gasteiger partial charge in [-0.2, -0.15) is 0 Å². The monoisotopic (exact) mass is 270 g/mol. The molecule has 1 heterocycles. The van der Waals surface area contributed by atoms with E-state index in [0.717, 1.165) is 5.56 Å². The van der Waals surface area contributed by atoms with E-state index in [1.165, 1.54) is 11.8 Å². The molecule has 0 saturated carbocycles. The molecule has 1 amide bonds. The van der Waals surface area contributed by atoms with Crippen LogP contribution < -0.4 is 16.6 Å². The molecule has 20 heavy (non-hydrogen) atoms. The van der Waals surface area contributed by atoms with E-state index in [-0.39, 0.29) is 11.9 Å². The van der Waals surface area contributed by atoms with Gasteiger partial charge in [0.2, 0.25) is 0 Å². The van der Waals surface area contributed by atoms with Crippen LogP contribution in [0.15, 0.2) is 42.7 Å². The summed E-state index contributed by atoms with van der Waals surface area (Å²) in [6.45, 7) is 3.97. The number of hydrogen-bond donors (Lipinski definition) is 3. The van der Waals surface area contributed by atoms with Gasteiger partial charge in [-0.25, -0.2) is 0 Å². The molecule has 0 saturated heterocycles. The number of nitrogens with zero attached hydrogens (tertiary/aromatic N) is 1. The molecule has 0 spiro atoms. The maximum Gasteiger partial charge on any atom is 0.254 e. The van der Waals surface area contributed by atoms with E-state index in [9.17, 15) is 4.79 Å². The van der Waals surface area contributed by atoms with Crippen molar-refractivity contribution in [2.24, 2.45) is 5.84 Å². The highest BCUT2D eigenvalue weighted by Gasteiger charge is 2.14. The summed E-state index contributed by atoms with van der Waals surface area (Å²) in [6.07, 6.45) is 3.08. The van der Waals surface area contributed by atoms with Gasteiger partial charge in [0.15, 0.2) is 0 Å². The van der Waals surface area contributed by atoms with Gasteiger partial charge in [-0.15, -0.1) is 0 Å². The van der Waals surface area contributed by atoms with Gasteiger partial charge in [0.1, 0.15) is 0 Å². The zero-order valence-corrected chi connectivity index (χ0v) is 11.6. The van der Waals surface area contributed by atoms with E-state index >= 15 is 0 Å². The molecule has 1 aromatic carbocycles. The van der Waals surface area contributed by atoms with Crippen molar-refractivity contribution in [1.82, 2.24) is 10.3 Å². The fraction of sp³-hybridized carbons (Fsp3) is 0.200. The molecule has 0 radical (unpaired) electrons. The minimum atomic E-state index is -0.187. The molecule has 0 fully saturated rings. The lowest BCUT2D eigenvalue weighted by Crippen LogP contribution is -2.28. The first-order valence-electron chi connectivity index (χ1n) is 6.40. The van der Waals surface area contributed by atoms with E-state index in [2.05, 4.69) is 15.7 Å². The summed E-state index contributed by atoms with van der Waals surface area (Å²) in [4.78, 5) is 16.2. The third kappa shape index (κ3) is 3.13. The smallest absolute Gasteiger partial charge is 0.254 e. The van der Waals surface area contributed by atoms with Crippen LogP contribution in [0.3, 0.4) is 0 Å². The largest absolute Gasteiger partial charge is 0.345 e. The van der Waals surface area contributed by atoms with Gasteiger partial charge in [-0.05, 0) is 25.5 Å². The minimum Gasteiger partial charge on any atom is -0.345 e. The van der Waals surface area contributed by atoms with Crippen molar-refractivity contribution in [1.29, 1.82) is 0 Å². The van der Waals surface area contributed by atoms with Crippen LogP contribution >= 0.6 is 0 Å². The standard InChI is InChI=1S/C15H18N4O/c1-10-3-5-12(6-4-10)11(2)18-15(20)13-7-8-17-9-14(13)19-16/h3-9,11,19H,16H2,1-2H3,(H,18,20). The SMILES string of the molecule is Cc1ccc(C(C)NC(=O)c2ccncc2NN)cc1. The second kappa shape index (κ2) is 6.16. The first kappa shape index (κ1) is 14.0. The topological polar surface area (TPSA) is 80.0 Å². The number of hydrogen-bond acceptors (Lipinski definition) is 4. The molecular weight excluding hydrogens is 252 g/mol. The number of anilines is 1.